The van der Waals surface area contributed by atoms with Crippen LogP contribution in [0.5, 0.6) is 0 Å². The predicted octanol–water partition coefficient (Wildman–Crippen LogP) is 4.00. The highest BCUT2D eigenvalue weighted by Gasteiger charge is 2.34. The zero-order chi connectivity index (χ0) is 22.3. The number of aliphatic hydroxyl groups excluding tert-OH is 1. The number of carbonyl (C=O) groups excluding carboxylic acids is 1. The first-order valence-electron chi connectivity index (χ1n) is 10.2. The van der Waals surface area contributed by atoms with Crippen molar-refractivity contribution in [1.29, 1.82) is 0 Å². The fourth-order valence-corrected chi connectivity index (χ4v) is 5.32. The lowest BCUT2D eigenvalue weighted by molar-refractivity contribution is -0.118. The smallest absolute Gasteiger partial charge is 0.262 e. The monoisotopic (exact) mass is 501 g/mol. The van der Waals surface area contributed by atoms with E-state index in [0.717, 1.165) is 16.6 Å². The van der Waals surface area contributed by atoms with E-state index in [1.807, 2.05) is 43.0 Å². The molecule has 2 aromatic carbocycles. The van der Waals surface area contributed by atoms with Crippen molar-refractivity contribution < 1.29 is 9.90 Å². The Morgan fingerprint density at radius 3 is 2.77 bits per heavy atom. The van der Waals surface area contributed by atoms with Gasteiger partial charge in [0.1, 0.15) is 0 Å². The van der Waals surface area contributed by atoms with Crippen LogP contribution in [0.1, 0.15) is 26.3 Å². The van der Waals surface area contributed by atoms with E-state index < -0.39 is 11.4 Å². The van der Waals surface area contributed by atoms with E-state index >= 15 is 0 Å². The minimum Gasteiger partial charge on any atom is -0.392 e. The predicted molar refractivity (Wildman–Crippen MR) is 128 cm³/mol. The molecule has 0 fully saturated rings. The maximum absolute atomic E-state index is 13.4. The quantitative estimate of drug-likeness (QED) is 0.422. The highest BCUT2D eigenvalue weighted by molar-refractivity contribution is 9.10. The molecule has 1 aliphatic heterocycles. The second kappa shape index (κ2) is 8.76. The number of hydrogen-bond donors (Lipinski definition) is 1. The maximum atomic E-state index is 13.4. The lowest BCUT2D eigenvalue weighted by Crippen LogP contribution is -2.40. The first-order chi connectivity index (χ1) is 14.8. The van der Waals surface area contributed by atoms with Crippen LogP contribution in [-0.2, 0) is 17.8 Å². The van der Waals surface area contributed by atoms with E-state index in [2.05, 4.69) is 27.0 Å². The average molecular weight is 502 g/mol. The molecule has 1 amide bonds. The minimum atomic E-state index is -0.722. The molecule has 4 rings (SSSR count). The van der Waals surface area contributed by atoms with Gasteiger partial charge in [0.05, 0.1) is 28.8 Å². The summed E-state index contributed by atoms with van der Waals surface area (Å²) < 4.78 is 2.25. The maximum Gasteiger partial charge on any atom is 0.262 e. The van der Waals surface area contributed by atoms with Gasteiger partial charge in [-0.25, -0.2) is 4.98 Å². The number of aliphatic hydroxyl groups is 1. The van der Waals surface area contributed by atoms with Gasteiger partial charge in [-0.1, -0.05) is 45.9 Å². The normalized spacial score (nSPS) is 17.6. The topological polar surface area (TPSA) is 75.4 Å². The number of carbonyl (C=O) groups is 1. The molecule has 0 unspecified atom stereocenters. The third-order valence-electron chi connectivity index (χ3n) is 5.40. The Kier molecular flexibility index (Phi) is 6.23. The molecule has 1 aliphatic rings. The molecule has 2 heterocycles. The summed E-state index contributed by atoms with van der Waals surface area (Å²) >= 11 is 4.65. The van der Waals surface area contributed by atoms with Crippen LogP contribution in [0, 0.1) is 0 Å². The molecule has 0 saturated heterocycles. The number of amides is 1. The molecule has 0 spiro atoms. The molecule has 162 valence electrons. The molecule has 8 heteroatoms. The van der Waals surface area contributed by atoms with E-state index in [1.54, 1.807) is 19.1 Å². The number of para-hydroxylation sites is 1. The molecule has 0 radical (unpaired) electrons. The fraction of sp³-hybridized carbons (Fsp3) is 0.348. The van der Waals surface area contributed by atoms with Gasteiger partial charge in [0.2, 0.25) is 5.91 Å². The first kappa shape index (κ1) is 22.0. The number of nitrogens with zero attached hydrogens (tertiary/aromatic N) is 3. The van der Waals surface area contributed by atoms with Crippen LogP contribution in [-0.4, -0.2) is 38.0 Å². The lowest BCUT2D eigenvalue weighted by atomic mass is 10.1. The summed E-state index contributed by atoms with van der Waals surface area (Å²) in [5.74, 6) is -0.0174. The van der Waals surface area contributed by atoms with Crippen LogP contribution in [0.2, 0.25) is 0 Å². The Labute approximate surface area is 193 Å². The standard InChI is InChI=1S/C23H24BrN3O3S/c1-13-10-16-6-4-5-7-20(16)27(13)21(29)15(3)31-23-25-19-9-8-17(24)11-18(19)22(30)26(23)12-14(2)28/h4-9,11,13-15,28H,10,12H2,1-3H3/t13-,14+,15+/m0/s1. The number of fused-ring (bicyclic) bond motifs is 2. The molecular formula is C23H24BrN3O3S. The van der Waals surface area contributed by atoms with E-state index in [-0.39, 0.29) is 24.1 Å². The summed E-state index contributed by atoms with van der Waals surface area (Å²) in [7, 11) is 0. The summed E-state index contributed by atoms with van der Waals surface area (Å²) in [4.78, 5) is 33.0. The molecule has 3 atom stereocenters. The fourth-order valence-electron chi connectivity index (χ4n) is 3.99. The van der Waals surface area contributed by atoms with Crippen molar-refractivity contribution in [3.8, 4) is 0 Å². The molecule has 0 aliphatic carbocycles. The van der Waals surface area contributed by atoms with Crippen molar-refractivity contribution in [2.24, 2.45) is 0 Å². The van der Waals surface area contributed by atoms with Crippen molar-refractivity contribution in [1.82, 2.24) is 9.55 Å². The van der Waals surface area contributed by atoms with Crippen LogP contribution in [0.15, 0.2) is 56.9 Å². The van der Waals surface area contributed by atoms with Crippen molar-refractivity contribution in [2.45, 2.75) is 56.3 Å². The second-order valence-corrected chi connectivity index (χ2v) is 10.2. The Hall–Kier alpha value is -2.16. The van der Waals surface area contributed by atoms with Crippen molar-refractivity contribution in [2.75, 3.05) is 4.90 Å². The summed E-state index contributed by atoms with van der Waals surface area (Å²) in [5, 5.41) is 10.4. The summed E-state index contributed by atoms with van der Waals surface area (Å²) in [6.45, 7) is 5.62. The Balaban J connectivity index is 1.70. The first-order valence-corrected chi connectivity index (χ1v) is 11.9. The summed E-state index contributed by atoms with van der Waals surface area (Å²) in [6.07, 6.45) is 0.106. The van der Waals surface area contributed by atoms with Gasteiger partial charge in [-0.3, -0.25) is 14.2 Å². The number of anilines is 1. The Bertz CT molecular complexity index is 1210. The molecule has 1 aromatic heterocycles. The summed E-state index contributed by atoms with van der Waals surface area (Å²) in [6, 6.07) is 13.4. The third-order valence-corrected chi connectivity index (χ3v) is 6.97. The van der Waals surface area contributed by atoms with Gasteiger partial charge in [0, 0.05) is 16.2 Å². The van der Waals surface area contributed by atoms with E-state index in [4.69, 9.17) is 0 Å². The number of hydrogen-bond acceptors (Lipinski definition) is 5. The number of aromatic nitrogens is 2. The highest BCUT2D eigenvalue weighted by atomic mass is 79.9. The zero-order valence-electron chi connectivity index (χ0n) is 17.6. The highest BCUT2D eigenvalue weighted by Crippen LogP contribution is 2.34. The molecular weight excluding hydrogens is 478 g/mol. The number of thioether (sulfide) groups is 1. The van der Waals surface area contributed by atoms with Gasteiger partial charge in [-0.05, 0) is 57.0 Å². The second-order valence-electron chi connectivity index (χ2n) is 7.97. The summed E-state index contributed by atoms with van der Waals surface area (Å²) in [5.41, 5.74) is 2.46. The van der Waals surface area contributed by atoms with Crippen LogP contribution in [0.3, 0.4) is 0 Å². The molecule has 1 N–H and O–H groups in total. The Morgan fingerprint density at radius 1 is 1.29 bits per heavy atom. The largest absolute Gasteiger partial charge is 0.392 e. The molecule has 0 saturated carbocycles. The van der Waals surface area contributed by atoms with Crippen LogP contribution >= 0.6 is 27.7 Å². The third kappa shape index (κ3) is 4.29. The van der Waals surface area contributed by atoms with Crippen LogP contribution < -0.4 is 10.5 Å². The SMILES string of the molecule is C[C@@H](O)Cn1c(S[C@H](C)C(=O)N2c3ccccc3C[C@@H]2C)nc2ccc(Br)cc2c1=O. The van der Waals surface area contributed by atoms with Gasteiger partial charge in [-0.2, -0.15) is 0 Å². The van der Waals surface area contributed by atoms with Gasteiger partial charge in [-0.15, -0.1) is 0 Å². The molecule has 6 nitrogen and oxygen atoms in total. The molecule has 31 heavy (non-hydrogen) atoms. The number of benzene rings is 2. The average Bonchev–Trinajstić information content (AvgIpc) is 3.06. The van der Waals surface area contributed by atoms with E-state index in [1.165, 1.54) is 21.9 Å². The van der Waals surface area contributed by atoms with Crippen LogP contribution in [0.4, 0.5) is 5.69 Å². The van der Waals surface area contributed by atoms with Gasteiger partial charge < -0.3 is 10.0 Å². The van der Waals surface area contributed by atoms with E-state index in [0.29, 0.717) is 16.1 Å². The number of halogens is 1. The van der Waals surface area contributed by atoms with Crippen molar-refractivity contribution >= 4 is 50.2 Å². The lowest BCUT2D eigenvalue weighted by Gasteiger charge is -2.26. The van der Waals surface area contributed by atoms with Gasteiger partial charge in [0.25, 0.3) is 5.56 Å². The number of rotatable bonds is 5. The van der Waals surface area contributed by atoms with Crippen LogP contribution in [0.25, 0.3) is 10.9 Å². The van der Waals surface area contributed by atoms with E-state index in [9.17, 15) is 14.7 Å². The van der Waals surface area contributed by atoms with Crippen molar-refractivity contribution in [3.05, 3.63) is 62.9 Å². The van der Waals surface area contributed by atoms with Gasteiger partial charge >= 0.3 is 0 Å². The molecule has 0 bridgehead atoms. The van der Waals surface area contributed by atoms with Crippen molar-refractivity contribution in [3.63, 3.8) is 0 Å². The Morgan fingerprint density at radius 2 is 2.03 bits per heavy atom. The minimum absolute atomic E-state index is 0.0174. The zero-order valence-corrected chi connectivity index (χ0v) is 20.0. The molecule has 3 aromatic rings. The van der Waals surface area contributed by atoms with Gasteiger partial charge in [0.15, 0.2) is 5.16 Å².